The molecule has 0 saturated heterocycles. The fourth-order valence-corrected chi connectivity index (χ4v) is 3.23. The molecule has 0 bridgehead atoms. The van der Waals surface area contributed by atoms with Crippen LogP contribution in [0.3, 0.4) is 0 Å². The Morgan fingerprint density at radius 2 is 1.80 bits per heavy atom. The van der Waals surface area contributed by atoms with Crippen molar-refractivity contribution in [2.24, 2.45) is 4.40 Å². The maximum Gasteiger partial charge on any atom is 0.278 e. The molecule has 2 aromatic rings. The molecular formula is C18H13N3O3S. The molecule has 124 valence electrons. The highest BCUT2D eigenvalue weighted by atomic mass is 32.2. The van der Waals surface area contributed by atoms with Crippen LogP contribution in [0.2, 0.25) is 0 Å². The molecule has 25 heavy (non-hydrogen) atoms. The summed E-state index contributed by atoms with van der Waals surface area (Å²) in [7, 11) is -3.60. The van der Waals surface area contributed by atoms with Crippen LogP contribution in [0.25, 0.3) is 5.57 Å². The number of benzene rings is 1. The van der Waals surface area contributed by atoms with E-state index in [9.17, 15) is 8.42 Å². The Labute approximate surface area is 145 Å². The second kappa shape index (κ2) is 6.03. The maximum absolute atomic E-state index is 11.7. The predicted octanol–water partition coefficient (Wildman–Crippen LogP) is 3.30. The second-order valence-corrected chi connectivity index (χ2v) is 6.82. The molecule has 0 atom stereocenters. The Hall–Kier alpha value is -3.19. The molecule has 2 aliphatic heterocycles. The fourth-order valence-electron chi connectivity index (χ4n) is 2.45. The molecule has 0 unspecified atom stereocenters. The number of rotatable bonds is 3. The van der Waals surface area contributed by atoms with Crippen molar-refractivity contribution in [2.75, 3.05) is 0 Å². The highest BCUT2D eigenvalue weighted by molar-refractivity contribution is 7.93. The summed E-state index contributed by atoms with van der Waals surface area (Å²) in [6.07, 6.45) is 8.39. The lowest BCUT2D eigenvalue weighted by atomic mass is 10.1. The molecule has 0 fully saturated rings. The first-order chi connectivity index (χ1) is 12.1. The third-order valence-electron chi connectivity index (χ3n) is 3.59. The van der Waals surface area contributed by atoms with Crippen LogP contribution < -0.4 is 4.74 Å². The molecule has 4 rings (SSSR count). The normalized spacial score (nSPS) is 17.5. The number of para-hydroxylation sites is 1. The Morgan fingerprint density at radius 1 is 0.960 bits per heavy atom. The van der Waals surface area contributed by atoms with Gasteiger partial charge in [-0.05, 0) is 36.4 Å². The topological polar surface area (TPSA) is 71.9 Å². The molecule has 0 amide bonds. The van der Waals surface area contributed by atoms with Crippen molar-refractivity contribution in [3.63, 3.8) is 0 Å². The van der Waals surface area contributed by atoms with Crippen LogP contribution in [0.15, 0.2) is 83.0 Å². The van der Waals surface area contributed by atoms with Crippen LogP contribution in [0.1, 0.15) is 5.69 Å². The van der Waals surface area contributed by atoms with Gasteiger partial charge in [0.1, 0.15) is 11.5 Å². The molecule has 0 saturated carbocycles. The highest BCUT2D eigenvalue weighted by Gasteiger charge is 2.24. The number of amidine groups is 1. The van der Waals surface area contributed by atoms with Gasteiger partial charge in [-0.3, -0.25) is 4.98 Å². The number of hydrogen-bond acceptors (Lipinski definition) is 5. The summed E-state index contributed by atoms with van der Waals surface area (Å²) in [5.74, 6) is 1.64. The molecule has 7 heteroatoms. The Bertz CT molecular complexity index is 1020. The van der Waals surface area contributed by atoms with E-state index in [0.29, 0.717) is 22.9 Å². The summed E-state index contributed by atoms with van der Waals surface area (Å²) in [5.41, 5.74) is 1.24. The van der Waals surface area contributed by atoms with Crippen molar-refractivity contribution in [1.82, 2.24) is 9.88 Å². The van der Waals surface area contributed by atoms with Gasteiger partial charge in [0, 0.05) is 18.0 Å². The van der Waals surface area contributed by atoms with E-state index in [4.69, 9.17) is 4.74 Å². The largest absolute Gasteiger partial charge is 0.456 e. The zero-order valence-corrected chi connectivity index (χ0v) is 13.8. The molecule has 0 radical (unpaired) electrons. The minimum Gasteiger partial charge on any atom is -0.456 e. The zero-order chi connectivity index (χ0) is 17.3. The molecule has 1 aromatic heterocycles. The number of hydrogen-bond donors (Lipinski definition) is 0. The number of ether oxygens (including phenoxy) is 1. The molecule has 0 N–H and O–H groups in total. The van der Waals surface area contributed by atoms with E-state index < -0.39 is 10.0 Å². The van der Waals surface area contributed by atoms with Gasteiger partial charge in [-0.1, -0.05) is 18.2 Å². The van der Waals surface area contributed by atoms with E-state index >= 15 is 0 Å². The SMILES string of the molecule is O=S1(=O)C=CN2C=CC=C(c3ccc(Oc4ccccc4)cn3)C2=N1. The lowest BCUT2D eigenvalue weighted by Gasteiger charge is -2.24. The minimum absolute atomic E-state index is 0.328. The summed E-state index contributed by atoms with van der Waals surface area (Å²) >= 11 is 0. The average molecular weight is 351 g/mol. The third-order valence-corrected chi connectivity index (χ3v) is 4.49. The van der Waals surface area contributed by atoms with E-state index in [1.165, 1.54) is 6.20 Å². The molecule has 2 aliphatic rings. The number of aromatic nitrogens is 1. The van der Waals surface area contributed by atoms with Crippen molar-refractivity contribution >= 4 is 21.4 Å². The van der Waals surface area contributed by atoms with E-state index in [1.807, 2.05) is 36.4 Å². The number of sulfonamides is 1. The minimum atomic E-state index is -3.60. The fraction of sp³-hybridized carbons (Fsp3) is 0. The molecule has 0 spiro atoms. The number of fused-ring (bicyclic) bond motifs is 1. The number of nitrogens with zero attached hydrogens (tertiary/aromatic N) is 3. The van der Waals surface area contributed by atoms with Gasteiger partial charge in [-0.25, -0.2) is 0 Å². The Balaban J connectivity index is 1.63. The monoisotopic (exact) mass is 351 g/mol. The van der Waals surface area contributed by atoms with Gasteiger partial charge < -0.3 is 9.64 Å². The second-order valence-electron chi connectivity index (χ2n) is 5.34. The van der Waals surface area contributed by atoms with Crippen LogP contribution >= 0.6 is 0 Å². The van der Waals surface area contributed by atoms with Crippen molar-refractivity contribution in [1.29, 1.82) is 0 Å². The first-order valence-electron chi connectivity index (χ1n) is 7.50. The Kier molecular flexibility index (Phi) is 3.70. The van der Waals surface area contributed by atoms with Gasteiger partial charge in [0.05, 0.1) is 17.3 Å². The van der Waals surface area contributed by atoms with E-state index in [0.717, 1.165) is 11.2 Å². The van der Waals surface area contributed by atoms with Gasteiger partial charge >= 0.3 is 0 Å². The lowest BCUT2D eigenvalue weighted by Crippen LogP contribution is -2.27. The van der Waals surface area contributed by atoms with E-state index in [1.54, 1.807) is 35.5 Å². The highest BCUT2D eigenvalue weighted by Crippen LogP contribution is 2.27. The number of pyridine rings is 1. The van der Waals surface area contributed by atoms with Crippen LogP contribution in [0, 0.1) is 0 Å². The van der Waals surface area contributed by atoms with Crippen molar-refractivity contribution < 1.29 is 13.2 Å². The quantitative estimate of drug-likeness (QED) is 0.848. The Morgan fingerprint density at radius 3 is 2.56 bits per heavy atom. The average Bonchev–Trinajstić information content (AvgIpc) is 2.62. The zero-order valence-electron chi connectivity index (χ0n) is 13.0. The molecule has 6 nitrogen and oxygen atoms in total. The van der Waals surface area contributed by atoms with Crippen LogP contribution in [-0.4, -0.2) is 24.1 Å². The van der Waals surface area contributed by atoms with Gasteiger partial charge in [0.2, 0.25) is 0 Å². The standard InChI is InChI=1S/C18H13N3O3S/c22-25(23)12-11-21-10-4-7-16(18(21)20-25)17-9-8-15(13-19-17)24-14-5-2-1-3-6-14/h1-13H. The smallest absolute Gasteiger partial charge is 0.278 e. The maximum atomic E-state index is 11.7. The van der Waals surface area contributed by atoms with Crippen LogP contribution in [0.4, 0.5) is 0 Å². The lowest BCUT2D eigenvalue weighted by molar-refractivity contribution is 0.480. The van der Waals surface area contributed by atoms with E-state index in [2.05, 4.69) is 9.38 Å². The first kappa shape index (κ1) is 15.3. The van der Waals surface area contributed by atoms with Crippen LogP contribution in [0.5, 0.6) is 11.5 Å². The summed E-state index contributed by atoms with van der Waals surface area (Å²) < 4.78 is 33.0. The summed E-state index contributed by atoms with van der Waals surface area (Å²) in [4.78, 5) is 6.03. The van der Waals surface area contributed by atoms with Crippen molar-refractivity contribution in [2.45, 2.75) is 0 Å². The van der Waals surface area contributed by atoms with Gasteiger partial charge in [0.25, 0.3) is 10.0 Å². The molecule has 1 aromatic carbocycles. The van der Waals surface area contributed by atoms with Gasteiger partial charge in [0.15, 0.2) is 5.84 Å². The van der Waals surface area contributed by atoms with E-state index in [-0.39, 0.29) is 0 Å². The molecule has 0 aliphatic carbocycles. The van der Waals surface area contributed by atoms with Gasteiger partial charge in [-0.2, -0.15) is 8.42 Å². The third kappa shape index (κ3) is 3.22. The number of allylic oxidation sites excluding steroid dienone is 2. The molecular weight excluding hydrogens is 338 g/mol. The summed E-state index contributed by atoms with van der Waals surface area (Å²) in [6, 6.07) is 13.0. The van der Waals surface area contributed by atoms with Crippen LogP contribution in [-0.2, 0) is 10.0 Å². The van der Waals surface area contributed by atoms with Crippen molar-refractivity contribution in [3.8, 4) is 11.5 Å². The molecule has 3 heterocycles. The predicted molar refractivity (Wildman–Crippen MR) is 95.2 cm³/mol. The summed E-state index contributed by atoms with van der Waals surface area (Å²) in [5, 5.41) is 1.06. The van der Waals surface area contributed by atoms with Crippen molar-refractivity contribution in [3.05, 3.63) is 84.3 Å². The first-order valence-corrected chi connectivity index (χ1v) is 9.01. The summed E-state index contributed by atoms with van der Waals surface area (Å²) in [6.45, 7) is 0. The van der Waals surface area contributed by atoms with Gasteiger partial charge in [-0.15, -0.1) is 4.40 Å².